The molecular formula is C12H21N3OS. The molecule has 96 valence electrons. The van der Waals surface area contributed by atoms with E-state index in [0.29, 0.717) is 12.0 Å². The lowest BCUT2D eigenvalue weighted by atomic mass is 10.1. The van der Waals surface area contributed by atoms with Gasteiger partial charge in [0.2, 0.25) is 0 Å². The number of hydrogen-bond donors (Lipinski definition) is 1. The third-order valence-corrected chi connectivity index (χ3v) is 4.26. The molecule has 0 radical (unpaired) electrons. The molecule has 0 saturated carbocycles. The van der Waals surface area contributed by atoms with E-state index in [-0.39, 0.29) is 0 Å². The molecule has 17 heavy (non-hydrogen) atoms. The van der Waals surface area contributed by atoms with Crippen LogP contribution in [0.4, 0.5) is 5.13 Å². The summed E-state index contributed by atoms with van der Waals surface area (Å²) in [6.07, 6.45) is 1.21. The van der Waals surface area contributed by atoms with E-state index >= 15 is 0 Å². The van der Waals surface area contributed by atoms with Gasteiger partial charge in [0.25, 0.3) is 0 Å². The van der Waals surface area contributed by atoms with Crippen molar-refractivity contribution in [2.45, 2.75) is 19.4 Å². The fourth-order valence-corrected chi connectivity index (χ4v) is 3.10. The molecule has 1 saturated heterocycles. The van der Waals surface area contributed by atoms with Crippen molar-refractivity contribution in [1.82, 2.24) is 10.3 Å². The maximum Gasteiger partial charge on any atom is 0.185 e. The fourth-order valence-electron chi connectivity index (χ4n) is 2.15. The molecule has 0 spiro atoms. The molecule has 1 aromatic heterocycles. The first-order chi connectivity index (χ1) is 8.24. The van der Waals surface area contributed by atoms with Crippen LogP contribution in [0, 0.1) is 5.92 Å². The van der Waals surface area contributed by atoms with Gasteiger partial charge in [0, 0.05) is 37.5 Å². The van der Waals surface area contributed by atoms with Crippen molar-refractivity contribution in [2.75, 3.05) is 38.8 Å². The van der Waals surface area contributed by atoms with Crippen molar-refractivity contribution in [3.8, 4) is 0 Å². The van der Waals surface area contributed by atoms with Gasteiger partial charge < -0.3 is 15.0 Å². The van der Waals surface area contributed by atoms with E-state index < -0.39 is 0 Å². The van der Waals surface area contributed by atoms with E-state index in [1.165, 1.54) is 6.42 Å². The lowest BCUT2D eigenvalue weighted by Gasteiger charge is -2.14. The Balaban J connectivity index is 1.97. The van der Waals surface area contributed by atoms with E-state index in [0.717, 1.165) is 30.5 Å². The number of methoxy groups -OCH3 is 1. The molecule has 4 nitrogen and oxygen atoms in total. The number of hydrogen-bond acceptors (Lipinski definition) is 5. The summed E-state index contributed by atoms with van der Waals surface area (Å²) < 4.78 is 5.22. The van der Waals surface area contributed by atoms with E-state index in [9.17, 15) is 0 Å². The summed E-state index contributed by atoms with van der Waals surface area (Å²) in [7, 11) is 3.74. The normalized spacial score (nSPS) is 22.1. The molecule has 2 rings (SSSR count). The second-order valence-electron chi connectivity index (χ2n) is 4.62. The van der Waals surface area contributed by atoms with Crippen molar-refractivity contribution in [2.24, 2.45) is 5.92 Å². The highest BCUT2D eigenvalue weighted by Crippen LogP contribution is 2.28. The van der Waals surface area contributed by atoms with Gasteiger partial charge >= 0.3 is 0 Å². The minimum atomic E-state index is 0.331. The Morgan fingerprint density at radius 3 is 3.24 bits per heavy atom. The molecule has 0 aliphatic carbocycles. The topological polar surface area (TPSA) is 37.4 Å². The summed E-state index contributed by atoms with van der Waals surface area (Å²) in [5, 5.41) is 6.53. The molecule has 1 fully saturated rings. The van der Waals surface area contributed by atoms with Gasteiger partial charge in [-0.15, -0.1) is 11.3 Å². The molecule has 1 aliphatic rings. The number of anilines is 1. The van der Waals surface area contributed by atoms with Gasteiger partial charge in [-0.2, -0.15) is 0 Å². The van der Waals surface area contributed by atoms with Crippen LogP contribution in [0.2, 0.25) is 0 Å². The Kier molecular flexibility index (Phi) is 4.36. The van der Waals surface area contributed by atoms with Crippen LogP contribution < -0.4 is 10.2 Å². The molecule has 1 N–H and O–H groups in total. The Morgan fingerprint density at radius 1 is 1.71 bits per heavy atom. The molecular weight excluding hydrogens is 234 g/mol. The average Bonchev–Trinajstić information content (AvgIpc) is 2.96. The first kappa shape index (κ1) is 12.8. The zero-order valence-corrected chi connectivity index (χ0v) is 11.6. The van der Waals surface area contributed by atoms with Crippen LogP contribution in [0.3, 0.4) is 0 Å². The van der Waals surface area contributed by atoms with Crippen molar-refractivity contribution in [3.05, 3.63) is 11.1 Å². The Hall–Kier alpha value is -0.650. The van der Waals surface area contributed by atoms with Crippen molar-refractivity contribution in [1.29, 1.82) is 0 Å². The average molecular weight is 255 g/mol. The number of ether oxygens (including phenoxy) is 1. The van der Waals surface area contributed by atoms with Gasteiger partial charge in [-0.25, -0.2) is 4.98 Å². The Labute approximate surface area is 107 Å². The van der Waals surface area contributed by atoms with Crippen LogP contribution in [0.1, 0.15) is 25.1 Å². The lowest BCUT2D eigenvalue weighted by molar-refractivity contribution is 0.161. The standard InChI is InChI=1S/C12H21N3OS/c1-9(13-2)11-8-17-12(14-11)15-5-4-10(6-15)7-16-3/h8-10,13H,4-7H2,1-3H3. The van der Waals surface area contributed by atoms with Gasteiger partial charge in [-0.3, -0.25) is 0 Å². The molecule has 0 amide bonds. The number of aromatic nitrogens is 1. The predicted octanol–water partition coefficient (Wildman–Crippen LogP) is 1.90. The summed E-state index contributed by atoms with van der Waals surface area (Å²) in [6, 6.07) is 0.331. The minimum Gasteiger partial charge on any atom is -0.384 e. The van der Waals surface area contributed by atoms with E-state index in [4.69, 9.17) is 9.72 Å². The second kappa shape index (κ2) is 5.80. The van der Waals surface area contributed by atoms with Crippen molar-refractivity contribution < 1.29 is 4.74 Å². The van der Waals surface area contributed by atoms with Gasteiger partial charge in [-0.1, -0.05) is 0 Å². The van der Waals surface area contributed by atoms with Gasteiger partial charge in [0.15, 0.2) is 5.13 Å². The van der Waals surface area contributed by atoms with Crippen LogP contribution in [0.25, 0.3) is 0 Å². The Bertz CT molecular complexity index is 355. The van der Waals surface area contributed by atoms with Gasteiger partial charge in [0.1, 0.15) is 0 Å². The summed E-state index contributed by atoms with van der Waals surface area (Å²) in [5.41, 5.74) is 1.14. The largest absolute Gasteiger partial charge is 0.384 e. The number of nitrogens with one attached hydrogen (secondary N) is 1. The summed E-state index contributed by atoms with van der Waals surface area (Å²) in [4.78, 5) is 7.07. The maximum atomic E-state index is 5.22. The highest BCUT2D eigenvalue weighted by molar-refractivity contribution is 7.13. The summed E-state index contributed by atoms with van der Waals surface area (Å²) in [6.45, 7) is 5.18. The molecule has 1 aliphatic heterocycles. The van der Waals surface area contributed by atoms with Gasteiger partial charge in [-0.05, 0) is 20.4 Å². The monoisotopic (exact) mass is 255 g/mol. The quantitative estimate of drug-likeness (QED) is 0.872. The highest BCUT2D eigenvalue weighted by atomic mass is 32.1. The second-order valence-corrected chi connectivity index (χ2v) is 5.46. The minimum absolute atomic E-state index is 0.331. The molecule has 2 heterocycles. The fraction of sp³-hybridized carbons (Fsp3) is 0.750. The van der Waals surface area contributed by atoms with Crippen LogP contribution in [-0.2, 0) is 4.74 Å². The molecule has 5 heteroatoms. The third-order valence-electron chi connectivity index (χ3n) is 3.35. The summed E-state index contributed by atoms with van der Waals surface area (Å²) >= 11 is 1.74. The smallest absolute Gasteiger partial charge is 0.185 e. The third kappa shape index (κ3) is 2.97. The van der Waals surface area contributed by atoms with Crippen molar-refractivity contribution >= 4 is 16.5 Å². The van der Waals surface area contributed by atoms with Crippen molar-refractivity contribution in [3.63, 3.8) is 0 Å². The molecule has 2 unspecified atom stereocenters. The van der Waals surface area contributed by atoms with Crippen LogP contribution >= 0.6 is 11.3 Å². The number of nitrogens with zero attached hydrogens (tertiary/aromatic N) is 2. The van der Waals surface area contributed by atoms with Crippen LogP contribution in [0.15, 0.2) is 5.38 Å². The van der Waals surface area contributed by atoms with Crippen LogP contribution in [0.5, 0.6) is 0 Å². The zero-order chi connectivity index (χ0) is 12.3. The molecule has 0 aromatic carbocycles. The molecule has 1 aromatic rings. The number of thiazole rings is 1. The van der Waals surface area contributed by atoms with E-state index in [2.05, 4.69) is 22.5 Å². The maximum absolute atomic E-state index is 5.22. The summed E-state index contributed by atoms with van der Waals surface area (Å²) in [5.74, 6) is 0.661. The first-order valence-electron chi connectivity index (χ1n) is 6.11. The number of rotatable bonds is 5. The van der Waals surface area contributed by atoms with Crippen LogP contribution in [-0.4, -0.2) is 38.8 Å². The molecule has 0 bridgehead atoms. The van der Waals surface area contributed by atoms with Gasteiger partial charge in [0.05, 0.1) is 12.3 Å². The first-order valence-corrected chi connectivity index (χ1v) is 6.99. The highest BCUT2D eigenvalue weighted by Gasteiger charge is 2.24. The predicted molar refractivity (Wildman–Crippen MR) is 71.8 cm³/mol. The van der Waals surface area contributed by atoms with E-state index in [1.54, 1.807) is 18.4 Å². The lowest BCUT2D eigenvalue weighted by Crippen LogP contribution is -2.21. The van der Waals surface area contributed by atoms with E-state index in [1.807, 2.05) is 7.05 Å². The molecule has 2 atom stereocenters. The SMILES string of the molecule is CNC(C)c1csc(N2CCC(COC)C2)n1. The zero-order valence-electron chi connectivity index (χ0n) is 10.8. The Morgan fingerprint density at radius 2 is 2.53 bits per heavy atom.